The zero-order valence-electron chi connectivity index (χ0n) is 14.1. The van der Waals surface area contributed by atoms with Crippen molar-refractivity contribution >= 4 is 5.97 Å². The highest BCUT2D eigenvalue weighted by Gasteiger charge is 2.34. The molecule has 2 aromatic rings. The van der Waals surface area contributed by atoms with Crippen molar-refractivity contribution in [3.05, 3.63) is 71.3 Å². The van der Waals surface area contributed by atoms with E-state index in [2.05, 4.69) is 29.2 Å². The zero-order chi connectivity index (χ0) is 17.0. The number of hydrogen-bond acceptors (Lipinski definition) is 4. The second-order valence-electron chi connectivity index (χ2n) is 6.58. The van der Waals surface area contributed by atoms with Crippen LogP contribution >= 0.6 is 0 Å². The first-order valence-electron chi connectivity index (χ1n) is 8.39. The fraction of sp³-hybridized carbons (Fsp3) is 0.350. The summed E-state index contributed by atoms with van der Waals surface area (Å²) in [6.07, 6.45) is 1.30. The van der Waals surface area contributed by atoms with Crippen molar-refractivity contribution in [2.45, 2.75) is 32.0 Å². The number of hydrogen-bond donors (Lipinski definition) is 1. The minimum absolute atomic E-state index is 0.339. The van der Waals surface area contributed by atoms with Gasteiger partial charge < -0.3 is 4.74 Å². The summed E-state index contributed by atoms with van der Waals surface area (Å²) in [7, 11) is 0. The molecule has 2 N–H and O–H groups in total. The lowest BCUT2D eigenvalue weighted by Gasteiger charge is -2.38. The van der Waals surface area contributed by atoms with Gasteiger partial charge in [0.15, 0.2) is 5.72 Å². The standard InChI is InChI=1S/C20H24N2O2/c1-16-7-9-18(10-8-16)19(23)24-20(21)11-13-22(14-12-20)15-17-5-3-2-4-6-17/h2-10H,11-15,21H2,1H3. The van der Waals surface area contributed by atoms with E-state index >= 15 is 0 Å². The van der Waals surface area contributed by atoms with Gasteiger partial charge in [-0.2, -0.15) is 0 Å². The fourth-order valence-corrected chi connectivity index (χ4v) is 2.97. The molecule has 0 amide bonds. The Labute approximate surface area is 143 Å². The Morgan fingerprint density at radius 3 is 2.33 bits per heavy atom. The maximum Gasteiger partial charge on any atom is 0.339 e. The van der Waals surface area contributed by atoms with E-state index in [1.807, 2.05) is 25.1 Å². The van der Waals surface area contributed by atoms with Gasteiger partial charge in [0, 0.05) is 32.5 Å². The Morgan fingerprint density at radius 2 is 1.71 bits per heavy atom. The molecule has 0 spiro atoms. The first-order chi connectivity index (χ1) is 11.5. The lowest BCUT2D eigenvalue weighted by Crippen LogP contribution is -2.52. The van der Waals surface area contributed by atoms with Crippen LogP contribution in [0.15, 0.2) is 54.6 Å². The van der Waals surface area contributed by atoms with Crippen LogP contribution in [0.1, 0.15) is 34.3 Å². The van der Waals surface area contributed by atoms with Crippen molar-refractivity contribution in [1.82, 2.24) is 4.90 Å². The van der Waals surface area contributed by atoms with Crippen molar-refractivity contribution in [2.24, 2.45) is 5.73 Å². The van der Waals surface area contributed by atoms with Crippen LogP contribution in [0, 0.1) is 6.92 Å². The molecule has 1 fully saturated rings. The van der Waals surface area contributed by atoms with E-state index in [0.29, 0.717) is 18.4 Å². The Bertz CT molecular complexity index is 675. The van der Waals surface area contributed by atoms with Crippen LogP contribution in [0.2, 0.25) is 0 Å². The molecule has 0 bridgehead atoms. The number of piperidine rings is 1. The molecule has 2 aromatic carbocycles. The number of carbonyl (C=O) groups excluding carboxylic acids is 1. The van der Waals surface area contributed by atoms with Crippen molar-refractivity contribution in [1.29, 1.82) is 0 Å². The molecule has 0 unspecified atom stereocenters. The number of likely N-dealkylation sites (tertiary alicyclic amines) is 1. The molecule has 1 heterocycles. The molecular formula is C20H24N2O2. The number of carbonyl (C=O) groups is 1. The summed E-state index contributed by atoms with van der Waals surface area (Å²) in [5, 5.41) is 0. The largest absolute Gasteiger partial charge is 0.440 e. The number of aryl methyl sites for hydroxylation is 1. The highest BCUT2D eigenvalue weighted by Crippen LogP contribution is 2.24. The van der Waals surface area contributed by atoms with E-state index in [0.717, 1.165) is 25.2 Å². The summed E-state index contributed by atoms with van der Waals surface area (Å²) in [5.41, 5.74) is 8.40. The van der Waals surface area contributed by atoms with Gasteiger partial charge >= 0.3 is 5.97 Å². The van der Waals surface area contributed by atoms with E-state index in [4.69, 9.17) is 10.5 Å². The summed E-state index contributed by atoms with van der Waals surface area (Å²) in [5.74, 6) is -0.339. The number of ether oxygens (including phenoxy) is 1. The number of nitrogens with two attached hydrogens (primary N) is 1. The number of benzene rings is 2. The average Bonchev–Trinajstić information content (AvgIpc) is 2.58. The predicted molar refractivity (Wildman–Crippen MR) is 94.5 cm³/mol. The van der Waals surface area contributed by atoms with Crippen molar-refractivity contribution in [3.8, 4) is 0 Å². The van der Waals surface area contributed by atoms with Gasteiger partial charge in [0.05, 0.1) is 5.56 Å². The third kappa shape index (κ3) is 4.22. The predicted octanol–water partition coefficient (Wildman–Crippen LogP) is 3.10. The smallest absolute Gasteiger partial charge is 0.339 e. The van der Waals surface area contributed by atoms with E-state index in [-0.39, 0.29) is 5.97 Å². The van der Waals surface area contributed by atoms with Crippen LogP contribution in [0.4, 0.5) is 0 Å². The molecule has 0 atom stereocenters. The van der Waals surface area contributed by atoms with Gasteiger partial charge in [0.2, 0.25) is 0 Å². The van der Waals surface area contributed by atoms with E-state index in [1.165, 1.54) is 5.56 Å². The van der Waals surface area contributed by atoms with Crippen molar-refractivity contribution < 1.29 is 9.53 Å². The number of esters is 1. The molecule has 0 aromatic heterocycles. The van der Waals surface area contributed by atoms with Crippen LogP contribution in [0.5, 0.6) is 0 Å². The maximum atomic E-state index is 12.3. The van der Waals surface area contributed by atoms with Crippen molar-refractivity contribution in [3.63, 3.8) is 0 Å². The SMILES string of the molecule is Cc1ccc(C(=O)OC2(N)CCN(Cc3ccccc3)CC2)cc1. The minimum Gasteiger partial charge on any atom is -0.440 e. The van der Waals surface area contributed by atoms with Crippen molar-refractivity contribution in [2.75, 3.05) is 13.1 Å². The highest BCUT2D eigenvalue weighted by molar-refractivity contribution is 5.89. The molecule has 1 saturated heterocycles. The first-order valence-corrected chi connectivity index (χ1v) is 8.39. The average molecular weight is 324 g/mol. The van der Waals surface area contributed by atoms with Gasteiger partial charge in [0.1, 0.15) is 0 Å². The Hall–Kier alpha value is -2.17. The summed E-state index contributed by atoms with van der Waals surface area (Å²) in [4.78, 5) is 14.6. The minimum atomic E-state index is -0.866. The lowest BCUT2D eigenvalue weighted by molar-refractivity contribution is -0.0487. The lowest BCUT2D eigenvalue weighted by atomic mass is 10.0. The van der Waals surface area contributed by atoms with Gasteiger partial charge in [-0.05, 0) is 24.6 Å². The summed E-state index contributed by atoms with van der Waals surface area (Å²) in [6, 6.07) is 17.8. The molecule has 24 heavy (non-hydrogen) atoms. The van der Waals surface area contributed by atoms with E-state index in [9.17, 15) is 4.79 Å². The van der Waals surface area contributed by atoms with Crippen LogP contribution in [-0.4, -0.2) is 29.7 Å². The molecule has 0 aliphatic carbocycles. The normalized spacial score (nSPS) is 17.4. The summed E-state index contributed by atoms with van der Waals surface area (Å²) < 4.78 is 5.62. The molecule has 1 aliphatic heterocycles. The van der Waals surface area contributed by atoms with Crippen LogP contribution in [0.3, 0.4) is 0 Å². The topological polar surface area (TPSA) is 55.6 Å². The quantitative estimate of drug-likeness (QED) is 0.693. The first kappa shape index (κ1) is 16.7. The molecule has 4 heteroatoms. The highest BCUT2D eigenvalue weighted by atomic mass is 16.6. The van der Waals surface area contributed by atoms with Gasteiger partial charge in [-0.1, -0.05) is 48.0 Å². The third-order valence-corrected chi connectivity index (χ3v) is 4.53. The molecule has 0 saturated carbocycles. The molecule has 126 valence electrons. The molecule has 4 nitrogen and oxygen atoms in total. The summed E-state index contributed by atoms with van der Waals surface area (Å²) >= 11 is 0. The van der Waals surface area contributed by atoms with Gasteiger partial charge in [0.25, 0.3) is 0 Å². The Balaban J connectivity index is 1.54. The second kappa shape index (κ2) is 7.16. The third-order valence-electron chi connectivity index (χ3n) is 4.53. The Morgan fingerprint density at radius 1 is 1.08 bits per heavy atom. The van der Waals surface area contributed by atoms with Gasteiger partial charge in [-0.15, -0.1) is 0 Å². The van der Waals surface area contributed by atoms with Gasteiger partial charge in [-0.3, -0.25) is 10.6 Å². The molecule has 0 radical (unpaired) electrons. The monoisotopic (exact) mass is 324 g/mol. The summed E-state index contributed by atoms with van der Waals surface area (Å²) in [6.45, 7) is 4.55. The fourth-order valence-electron chi connectivity index (χ4n) is 2.97. The zero-order valence-corrected chi connectivity index (χ0v) is 14.1. The van der Waals surface area contributed by atoms with Crippen LogP contribution in [0.25, 0.3) is 0 Å². The molecule has 3 rings (SSSR count). The van der Waals surface area contributed by atoms with Crippen LogP contribution < -0.4 is 5.73 Å². The van der Waals surface area contributed by atoms with E-state index in [1.54, 1.807) is 12.1 Å². The number of nitrogens with zero attached hydrogens (tertiary/aromatic N) is 1. The second-order valence-corrected chi connectivity index (χ2v) is 6.58. The molecule has 1 aliphatic rings. The van der Waals surface area contributed by atoms with Gasteiger partial charge in [-0.25, -0.2) is 4.79 Å². The maximum absolute atomic E-state index is 12.3. The number of rotatable bonds is 4. The molecular weight excluding hydrogens is 300 g/mol. The van der Waals surface area contributed by atoms with Crippen LogP contribution in [-0.2, 0) is 11.3 Å². The Kier molecular flexibility index (Phi) is 4.97. The van der Waals surface area contributed by atoms with E-state index < -0.39 is 5.72 Å².